The molecule has 6 aliphatic heterocycles. The lowest BCUT2D eigenvalue weighted by Crippen LogP contribution is -2.73. The van der Waals surface area contributed by atoms with Crippen LogP contribution in [-0.2, 0) is 49.6 Å². The van der Waals surface area contributed by atoms with Gasteiger partial charge in [-0.15, -0.1) is 47.0 Å². The van der Waals surface area contributed by atoms with Gasteiger partial charge in [0.05, 0.1) is 30.0 Å². The predicted octanol–water partition coefficient (Wildman–Crippen LogP) is 8.80. The average molecular weight is 969 g/mol. The number of thioether (sulfide) groups is 4. The van der Waals surface area contributed by atoms with E-state index in [9.17, 15) is 19.2 Å². The van der Waals surface area contributed by atoms with Crippen LogP contribution in [0.25, 0.3) is 0 Å². The number of nitrogens with zero attached hydrogens (tertiary/aromatic N) is 4. The highest BCUT2D eigenvalue weighted by Crippen LogP contribution is 2.63. The minimum absolute atomic E-state index is 0.0452. The van der Waals surface area contributed by atoms with Crippen molar-refractivity contribution in [2.24, 2.45) is 0 Å². The van der Waals surface area contributed by atoms with Crippen LogP contribution in [0.5, 0.6) is 11.5 Å². The van der Waals surface area contributed by atoms with Crippen molar-refractivity contribution in [2.75, 3.05) is 55.6 Å². The summed E-state index contributed by atoms with van der Waals surface area (Å²) in [5.74, 6) is 1.17. The van der Waals surface area contributed by atoms with Crippen molar-refractivity contribution in [1.29, 1.82) is 0 Å². The number of likely N-dealkylation sites (N-methyl/N-ethyl adjacent to an activating group) is 4. The van der Waals surface area contributed by atoms with E-state index in [1.165, 1.54) is 23.5 Å². The van der Waals surface area contributed by atoms with Gasteiger partial charge in [0.2, 0.25) is 0 Å². The normalized spacial score (nSPS) is 27.4. The summed E-state index contributed by atoms with van der Waals surface area (Å²) < 4.78 is 16.6. The fourth-order valence-electron chi connectivity index (χ4n) is 9.43. The number of rotatable bonds is 17. The number of hydrogen-bond donors (Lipinski definition) is 0. The first kappa shape index (κ1) is 48.2. The minimum Gasteiger partial charge on any atom is -0.497 e. The molecule has 0 N–H and O–H groups in total. The molecule has 10 rings (SSSR count). The Bertz CT molecular complexity index is 2430. The number of amides is 4. The van der Waals surface area contributed by atoms with Crippen molar-refractivity contribution < 1.29 is 33.4 Å². The maximum atomic E-state index is 14.7. The Labute approximate surface area is 406 Å². The van der Waals surface area contributed by atoms with Gasteiger partial charge in [-0.25, -0.2) is 0 Å². The van der Waals surface area contributed by atoms with Gasteiger partial charge in [0.15, 0.2) is 19.5 Å². The molecule has 66 heavy (non-hydrogen) atoms. The van der Waals surface area contributed by atoms with Crippen molar-refractivity contribution in [3.63, 3.8) is 0 Å². The Morgan fingerprint density at radius 1 is 0.485 bits per heavy atom. The van der Waals surface area contributed by atoms with Crippen LogP contribution in [0.2, 0.25) is 0 Å². The number of hydrogen-bond acceptors (Lipinski definition) is 11. The second-order valence-corrected chi connectivity index (χ2v) is 23.6. The molecule has 15 heteroatoms. The van der Waals surface area contributed by atoms with Crippen LogP contribution < -0.4 is 9.47 Å². The maximum Gasteiger partial charge on any atom is 0.262 e. The van der Waals surface area contributed by atoms with Crippen molar-refractivity contribution >= 4 is 70.7 Å². The molecule has 350 valence electrons. The van der Waals surface area contributed by atoms with E-state index in [4.69, 9.17) is 14.2 Å². The van der Waals surface area contributed by atoms with E-state index in [-0.39, 0.29) is 39.4 Å². The summed E-state index contributed by atoms with van der Waals surface area (Å²) in [5, 5.41) is 0. The Morgan fingerprint density at radius 2 is 0.833 bits per heavy atom. The molecular formula is C51H60N4O7S4. The zero-order valence-corrected chi connectivity index (χ0v) is 42.3. The molecule has 11 nitrogen and oxygen atoms in total. The predicted molar refractivity (Wildman–Crippen MR) is 268 cm³/mol. The fraction of sp³-hybridized carbons (Fsp3) is 0.451. The molecule has 6 saturated heterocycles. The molecule has 0 aromatic heterocycles. The Morgan fingerprint density at radius 3 is 1.24 bits per heavy atom. The van der Waals surface area contributed by atoms with Gasteiger partial charge in [-0.05, 0) is 83.3 Å². The lowest BCUT2D eigenvalue weighted by Gasteiger charge is -2.51. The highest BCUT2D eigenvalue weighted by Gasteiger charge is 2.67. The molecule has 0 spiro atoms. The van der Waals surface area contributed by atoms with Crippen LogP contribution in [0.4, 0.5) is 0 Å². The van der Waals surface area contributed by atoms with Gasteiger partial charge in [0.25, 0.3) is 23.6 Å². The number of carbonyl (C=O) groups excluding carboxylic acids is 4. The van der Waals surface area contributed by atoms with E-state index >= 15 is 0 Å². The van der Waals surface area contributed by atoms with Gasteiger partial charge >= 0.3 is 0 Å². The number of benzene rings is 4. The number of carbonyl (C=O) groups is 4. The molecule has 6 fully saturated rings. The molecule has 0 aliphatic carbocycles. The highest BCUT2D eigenvalue weighted by atomic mass is 32.2. The SMILES string of the molecule is CCCCOC[C@@]12SC(c3ccc(OC)cc3)S[C@@](Cc3ccc(CCc4ccc(CC56SC(c7ccc(OC)cc7)S[C@@](CC)(C(=O)N5C)N(C)C6=O)cc4)cc3)(C(=O)N1C)N(C)C2=O. The summed E-state index contributed by atoms with van der Waals surface area (Å²) in [6, 6.07) is 32.6. The third-order valence-corrected chi connectivity index (χ3v) is 20.9. The van der Waals surface area contributed by atoms with E-state index in [0.717, 1.165) is 70.6 Å². The van der Waals surface area contributed by atoms with E-state index in [0.29, 0.717) is 25.9 Å². The number of unbranched alkanes of at least 4 members (excludes halogenated alkanes) is 1. The lowest BCUT2D eigenvalue weighted by molar-refractivity contribution is -0.165. The third kappa shape index (κ3) is 8.38. The van der Waals surface area contributed by atoms with Crippen molar-refractivity contribution in [1.82, 2.24) is 19.6 Å². The molecule has 4 aromatic carbocycles. The molecule has 6 aliphatic rings. The highest BCUT2D eigenvalue weighted by molar-refractivity contribution is 8.19. The first-order valence-electron chi connectivity index (χ1n) is 22.6. The second kappa shape index (κ2) is 19.4. The monoisotopic (exact) mass is 968 g/mol. The number of aryl methyl sites for hydroxylation is 2. The van der Waals surface area contributed by atoms with Crippen LogP contribution in [0.1, 0.15) is 75.7 Å². The van der Waals surface area contributed by atoms with Crippen LogP contribution in [0.15, 0.2) is 97.1 Å². The van der Waals surface area contributed by atoms with Crippen molar-refractivity contribution in [2.45, 2.75) is 87.4 Å². The van der Waals surface area contributed by atoms with Crippen molar-refractivity contribution in [3.05, 3.63) is 130 Å². The molecule has 3 unspecified atom stereocenters. The van der Waals surface area contributed by atoms with Gasteiger partial charge < -0.3 is 33.8 Å². The smallest absolute Gasteiger partial charge is 0.262 e. The minimum atomic E-state index is -1.20. The first-order chi connectivity index (χ1) is 31.7. The van der Waals surface area contributed by atoms with Crippen LogP contribution in [-0.4, -0.2) is 118 Å². The Balaban J connectivity index is 0.975. The van der Waals surface area contributed by atoms with Gasteiger partial charge in [-0.3, -0.25) is 19.2 Å². The van der Waals surface area contributed by atoms with Crippen molar-refractivity contribution in [3.8, 4) is 11.5 Å². The molecule has 0 saturated carbocycles. The number of ether oxygens (including phenoxy) is 3. The molecule has 4 aromatic rings. The van der Waals surface area contributed by atoms with Gasteiger partial charge in [0, 0.05) is 47.6 Å². The van der Waals surface area contributed by atoms with E-state index in [1.54, 1.807) is 85.5 Å². The zero-order valence-electron chi connectivity index (χ0n) is 39.0. The van der Waals surface area contributed by atoms with E-state index < -0.39 is 19.5 Å². The molecule has 6 heterocycles. The number of methoxy groups -OCH3 is 2. The van der Waals surface area contributed by atoms with E-state index in [2.05, 4.69) is 55.5 Å². The number of piperazine rings is 2. The number of fused-ring (bicyclic) bond motifs is 8. The summed E-state index contributed by atoms with van der Waals surface area (Å²) in [4.78, 5) is 60.3. The Hall–Kier alpha value is -4.28. The topological polar surface area (TPSA) is 109 Å². The van der Waals surface area contributed by atoms with Gasteiger partial charge in [-0.2, -0.15) is 0 Å². The second-order valence-electron chi connectivity index (χ2n) is 17.5. The summed E-state index contributed by atoms with van der Waals surface area (Å²) in [6.07, 6.45) is 4.68. The van der Waals surface area contributed by atoms with Crippen LogP contribution in [0, 0.1) is 0 Å². The third-order valence-electron chi connectivity index (χ3n) is 13.8. The lowest BCUT2D eigenvalue weighted by atomic mass is 9.95. The van der Waals surface area contributed by atoms with Gasteiger partial charge in [-0.1, -0.05) is 93.1 Å². The van der Waals surface area contributed by atoms with Gasteiger partial charge in [0.1, 0.15) is 11.5 Å². The standard InChI is InChI=1S/C51H60N4O7S4/c1-9-11-30-62-33-51-47(59)54(5)50(46(58)55(51)6,65-43(66-51)39-24-28-41(61-8)29-25-39)32-37-20-16-35(17-21-37)13-12-34-14-18-36(19-15-34)31-49-45(57)52(3)48(10-2,44(56)53(49)4)63-42(64-49)38-22-26-40(60-7)27-23-38/h14-29,42-43H,9-13,30-33H2,1-8H3/t42?,43?,48-,49?,50-,51-/m0/s1. The maximum absolute atomic E-state index is 14.7. The Kier molecular flexibility index (Phi) is 14.1. The quantitative estimate of drug-likeness (QED) is 0.0948. The van der Waals surface area contributed by atoms with Crippen LogP contribution in [0.3, 0.4) is 0 Å². The summed E-state index contributed by atoms with van der Waals surface area (Å²) >= 11 is 6.14. The molecular weight excluding hydrogens is 909 g/mol. The zero-order chi connectivity index (χ0) is 47.0. The average Bonchev–Trinajstić information content (AvgIpc) is 3.61. The largest absolute Gasteiger partial charge is 0.497 e. The summed E-state index contributed by atoms with van der Waals surface area (Å²) in [5.41, 5.74) is 6.31. The molecule has 4 amide bonds. The fourth-order valence-corrected chi connectivity index (χ4v) is 17.0. The summed E-state index contributed by atoms with van der Waals surface area (Å²) in [6.45, 7) is 4.72. The molecule has 4 bridgehead atoms. The molecule has 0 radical (unpaired) electrons. The first-order valence-corrected chi connectivity index (χ1v) is 26.1. The summed E-state index contributed by atoms with van der Waals surface area (Å²) in [7, 11) is 10.4. The van der Waals surface area contributed by atoms with E-state index in [1.807, 2.05) is 55.5 Å². The van der Waals surface area contributed by atoms with Crippen LogP contribution >= 0.6 is 47.0 Å². The molecule has 6 atom stereocenters.